The molecule has 0 aliphatic carbocycles. The number of hydrogen-bond acceptors (Lipinski definition) is 4. The number of nitrogens with zero attached hydrogens (tertiary/aromatic N) is 2. The summed E-state index contributed by atoms with van der Waals surface area (Å²) in [5.41, 5.74) is -0.143. The first kappa shape index (κ1) is 9.86. The number of hydrogen-bond donors (Lipinski definition) is 0. The van der Waals surface area contributed by atoms with Crippen LogP contribution in [0, 0.1) is 21.4 Å². The van der Waals surface area contributed by atoms with Crippen molar-refractivity contribution in [1.29, 1.82) is 5.26 Å². The Labute approximate surface area is 79.7 Å². The van der Waals surface area contributed by atoms with Crippen LogP contribution in [0.25, 0.3) is 0 Å². The van der Waals surface area contributed by atoms with Crippen molar-refractivity contribution in [1.82, 2.24) is 0 Å². The second-order valence-corrected chi connectivity index (χ2v) is 2.66. The minimum atomic E-state index is -0.676. The number of benzene rings is 1. The first-order valence-corrected chi connectivity index (χ1v) is 3.75. The zero-order valence-electron chi connectivity index (χ0n) is 7.35. The molecule has 0 aliphatic rings. The normalized spacial score (nSPS) is 9.14. The molecule has 1 rings (SSSR count). The van der Waals surface area contributed by atoms with E-state index in [2.05, 4.69) is 0 Å². The maximum Gasteiger partial charge on any atom is 0.287 e. The SMILES string of the molecule is CC(=O)c1ccc(C#N)c([N+](=O)[O-])c1. The zero-order valence-corrected chi connectivity index (χ0v) is 7.35. The van der Waals surface area contributed by atoms with Crippen LogP contribution in [0.4, 0.5) is 5.69 Å². The van der Waals surface area contributed by atoms with Gasteiger partial charge in [-0.05, 0) is 19.1 Å². The number of nitro groups is 1. The molecular weight excluding hydrogens is 184 g/mol. The lowest BCUT2D eigenvalue weighted by molar-refractivity contribution is -0.385. The van der Waals surface area contributed by atoms with E-state index >= 15 is 0 Å². The predicted octanol–water partition coefficient (Wildman–Crippen LogP) is 1.67. The van der Waals surface area contributed by atoms with Gasteiger partial charge in [0.2, 0.25) is 0 Å². The third-order valence-electron chi connectivity index (χ3n) is 1.72. The molecule has 0 fully saturated rings. The topological polar surface area (TPSA) is 84.0 Å². The largest absolute Gasteiger partial charge is 0.295 e. The highest BCUT2D eigenvalue weighted by Gasteiger charge is 2.15. The number of ketones is 1. The highest BCUT2D eigenvalue weighted by molar-refractivity contribution is 5.94. The van der Waals surface area contributed by atoms with Crippen molar-refractivity contribution in [2.75, 3.05) is 0 Å². The molecule has 0 saturated carbocycles. The van der Waals surface area contributed by atoms with Gasteiger partial charge < -0.3 is 0 Å². The number of nitriles is 1. The van der Waals surface area contributed by atoms with Gasteiger partial charge in [-0.1, -0.05) is 0 Å². The molecule has 14 heavy (non-hydrogen) atoms. The molecular formula is C9H6N2O3. The highest BCUT2D eigenvalue weighted by atomic mass is 16.6. The van der Waals surface area contributed by atoms with Crippen LogP contribution < -0.4 is 0 Å². The minimum absolute atomic E-state index is 0.0417. The number of Topliss-reactive ketones (excluding diaryl/α,β-unsaturated/α-hetero) is 1. The van der Waals surface area contributed by atoms with Crippen molar-refractivity contribution in [2.45, 2.75) is 6.92 Å². The van der Waals surface area contributed by atoms with Gasteiger partial charge in [-0.15, -0.1) is 0 Å². The Morgan fingerprint density at radius 2 is 2.21 bits per heavy atom. The van der Waals surface area contributed by atoms with E-state index in [1.54, 1.807) is 6.07 Å². The summed E-state index contributed by atoms with van der Waals surface area (Å²) in [6.07, 6.45) is 0. The first-order chi connectivity index (χ1) is 6.56. The number of carbonyl (C=O) groups is 1. The lowest BCUT2D eigenvalue weighted by atomic mass is 10.1. The minimum Gasteiger partial charge on any atom is -0.295 e. The first-order valence-electron chi connectivity index (χ1n) is 3.75. The van der Waals surface area contributed by atoms with Crippen LogP contribution in [-0.2, 0) is 0 Å². The Kier molecular flexibility index (Phi) is 2.58. The van der Waals surface area contributed by atoms with Crippen LogP contribution >= 0.6 is 0 Å². The molecule has 5 heteroatoms. The van der Waals surface area contributed by atoms with Crippen molar-refractivity contribution in [3.8, 4) is 6.07 Å². The molecule has 0 saturated heterocycles. The summed E-state index contributed by atoms with van der Waals surface area (Å²) < 4.78 is 0. The van der Waals surface area contributed by atoms with Crippen molar-refractivity contribution < 1.29 is 9.72 Å². The summed E-state index contributed by atoms with van der Waals surface area (Å²) in [6.45, 7) is 1.31. The summed E-state index contributed by atoms with van der Waals surface area (Å²) in [5.74, 6) is -0.266. The van der Waals surface area contributed by atoms with Crippen LogP contribution in [0.15, 0.2) is 18.2 Å². The predicted molar refractivity (Wildman–Crippen MR) is 47.8 cm³/mol. The quantitative estimate of drug-likeness (QED) is 0.403. The van der Waals surface area contributed by atoms with Crippen LogP contribution in [0.2, 0.25) is 0 Å². The van der Waals surface area contributed by atoms with E-state index in [1.807, 2.05) is 0 Å². The van der Waals surface area contributed by atoms with Crippen molar-refractivity contribution in [3.05, 3.63) is 39.4 Å². The van der Waals surface area contributed by atoms with E-state index in [9.17, 15) is 14.9 Å². The summed E-state index contributed by atoms with van der Waals surface area (Å²) in [4.78, 5) is 20.7. The van der Waals surface area contributed by atoms with Gasteiger partial charge in [-0.3, -0.25) is 14.9 Å². The Balaban J connectivity index is 3.37. The second-order valence-electron chi connectivity index (χ2n) is 2.66. The summed E-state index contributed by atoms with van der Waals surface area (Å²) in [6, 6.07) is 5.47. The maximum atomic E-state index is 10.9. The van der Waals surface area contributed by atoms with Gasteiger partial charge in [0, 0.05) is 11.6 Å². The third kappa shape index (κ3) is 1.75. The van der Waals surface area contributed by atoms with Crippen molar-refractivity contribution in [2.24, 2.45) is 0 Å². The number of rotatable bonds is 2. The van der Waals surface area contributed by atoms with Crippen LogP contribution in [0.1, 0.15) is 22.8 Å². The van der Waals surface area contributed by atoms with E-state index in [1.165, 1.54) is 19.1 Å². The van der Waals surface area contributed by atoms with Gasteiger partial charge >= 0.3 is 0 Å². The lowest BCUT2D eigenvalue weighted by Gasteiger charge is -1.97. The van der Waals surface area contributed by atoms with Gasteiger partial charge in [-0.25, -0.2) is 0 Å². The average Bonchev–Trinajstić information content (AvgIpc) is 2.16. The molecule has 0 bridgehead atoms. The van der Waals surface area contributed by atoms with E-state index in [0.717, 1.165) is 6.07 Å². The Morgan fingerprint density at radius 3 is 2.64 bits per heavy atom. The smallest absolute Gasteiger partial charge is 0.287 e. The summed E-state index contributed by atoms with van der Waals surface area (Å²) >= 11 is 0. The second kappa shape index (κ2) is 3.66. The van der Waals surface area contributed by atoms with Crippen LogP contribution in [0.5, 0.6) is 0 Å². The fraction of sp³-hybridized carbons (Fsp3) is 0.111. The molecule has 0 spiro atoms. The fourth-order valence-electron chi connectivity index (χ4n) is 0.996. The molecule has 0 aromatic heterocycles. The fourth-order valence-corrected chi connectivity index (χ4v) is 0.996. The summed E-state index contributed by atoms with van der Waals surface area (Å²) in [7, 11) is 0. The zero-order chi connectivity index (χ0) is 10.7. The van der Waals surface area contributed by atoms with Crippen molar-refractivity contribution >= 4 is 11.5 Å². The molecule has 1 aromatic carbocycles. The Morgan fingerprint density at radius 1 is 1.57 bits per heavy atom. The average molecular weight is 190 g/mol. The molecule has 0 unspecified atom stereocenters. The molecule has 0 amide bonds. The van der Waals surface area contributed by atoms with Crippen LogP contribution in [-0.4, -0.2) is 10.7 Å². The maximum absolute atomic E-state index is 10.9. The Bertz CT molecular complexity index is 446. The van der Waals surface area contributed by atoms with E-state index in [-0.39, 0.29) is 22.6 Å². The molecule has 70 valence electrons. The number of carbonyl (C=O) groups excluding carboxylic acids is 1. The third-order valence-corrected chi connectivity index (χ3v) is 1.72. The van der Waals surface area contributed by atoms with Crippen LogP contribution in [0.3, 0.4) is 0 Å². The molecule has 0 radical (unpaired) electrons. The van der Waals surface area contributed by atoms with Gasteiger partial charge in [-0.2, -0.15) is 5.26 Å². The van der Waals surface area contributed by atoms with Gasteiger partial charge in [0.05, 0.1) is 4.92 Å². The standard InChI is InChI=1S/C9H6N2O3/c1-6(12)7-2-3-8(5-10)9(4-7)11(13)14/h2-4H,1H3. The summed E-state index contributed by atoms with van der Waals surface area (Å²) in [5, 5.41) is 19.1. The van der Waals surface area contributed by atoms with E-state index in [0.29, 0.717) is 0 Å². The van der Waals surface area contributed by atoms with Crippen molar-refractivity contribution in [3.63, 3.8) is 0 Å². The molecule has 0 heterocycles. The van der Waals surface area contributed by atoms with Gasteiger partial charge in [0.15, 0.2) is 5.78 Å². The lowest BCUT2D eigenvalue weighted by Crippen LogP contribution is -1.97. The number of nitro benzene ring substituents is 1. The monoisotopic (exact) mass is 190 g/mol. The van der Waals surface area contributed by atoms with Gasteiger partial charge in [0.1, 0.15) is 11.6 Å². The Hall–Kier alpha value is -2.22. The molecule has 0 atom stereocenters. The molecule has 0 aliphatic heterocycles. The molecule has 5 nitrogen and oxygen atoms in total. The van der Waals surface area contributed by atoms with Gasteiger partial charge in [0.25, 0.3) is 5.69 Å². The highest BCUT2D eigenvalue weighted by Crippen LogP contribution is 2.19. The van der Waals surface area contributed by atoms with E-state index < -0.39 is 4.92 Å². The molecule has 1 aromatic rings. The molecule has 0 N–H and O–H groups in total. The van der Waals surface area contributed by atoms with E-state index in [4.69, 9.17) is 5.26 Å².